The summed E-state index contributed by atoms with van der Waals surface area (Å²) in [6.45, 7) is 1.31. The number of aryl methyl sites for hydroxylation is 1. The van der Waals surface area contributed by atoms with Crippen molar-refractivity contribution in [3.8, 4) is 0 Å². The Kier molecular flexibility index (Phi) is 3.18. The van der Waals surface area contributed by atoms with Crippen LogP contribution in [0.2, 0.25) is 0 Å². The Morgan fingerprint density at radius 3 is 3.00 bits per heavy atom. The summed E-state index contributed by atoms with van der Waals surface area (Å²) in [7, 11) is 1.98. The fourth-order valence-electron chi connectivity index (χ4n) is 2.69. The van der Waals surface area contributed by atoms with Gasteiger partial charge in [0.2, 0.25) is 6.41 Å². The molecule has 1 aliphatic heterocycles. The standard InChI is InChI=1S/C15H17N3O2/c1-17-6-4-11-8-12(2-3-14(11)17)15(20)16-13-5-7-18(9-13)10-19/h2-4,6,8,10,13H,5,7,9H2,1H3,(H,16,20). The number of carbonyl (C=O) groups excluding carboxylic acids is 2. The monoisotopic (exact) mass is 271 g/mol. The van der Waals surface area contributed by atoms with Gasteiger partial charge in [0.25, 0.3) is 5.91 Å². The van der Waals surface area contributed by atoms with Crippen LogP contribution in [-0.4, -0.2) is 40.9 Å². The van der Waals surface area contributed by atoms with Crippen molar-refractivity contribution < 1.29 is 9.59 Å². The summed E-state index contributed by atoms with van der Waals surface area (Å²) in [4.78, 5) is 24.6. The minimum Gasteiger partial charge on any atom is -0.351 e. The highest BCUT2D eigenvalue weighted by Crippen LogP contribution is 2.17. The fraction of sp³-hybridized carbons (Fsp3) is 0.333. The number of hydrogen-bond acceptors (Lipinski definition) is 2. The van der Waals surface area contributed by atoms with Gasteiger partial charge in [-0.25, -0.2) is 0 Å². The quantitative estimate of drug-likeness (QED) is 0.851. The van der Waals surface area contributed by atoms with E-state index in [4.69, 9.17) is 0 Å². The van der Waals surface area contributed by atoms with Gasteiger partial charge in [-0.1, -0.05) is 0 Å². The molecule has 2 heterocycles. The van der Waals surface area contributed by atoms with Crippen LogP contribution in [0.25, 0.3) is 10.9 Å². The lowest BCUT2D eigenvalue weighted by atomic mass is 10.1. The molecule has 3 rings (SSSR count). The molecule has 104 valence electrons. The maximum Gasteiger partial charge on any atom is 0.251 e. The highest BCUT2D eigenvalue weighted by molar-refractivity contribution is 5.98. The molecular weight excluding hydrogens is 254 g/mol. The van der Waals surface area contributed by atoms with Gasteiger partial charge in [0.05, 0.1) is 0 Å². The van der Waals surface area contributed by atoms with E-state index in [0.29, 0.717) is 18.7 Å². The molecule has 1 aromatic carbocycles. The van der Waals surface area contributed by atoms with E-state index in [1.165, 1.54) is 0 Å². The largest absolute Gasteiger partial charge is 0.351 e. The van der Waals surface area contributed by atoms with E-state index in [9.17, 15) is 9.59 Å². The summed E-state index contributed by atoms with van der Waals surface area (Å²) in [5, 5.41) is 4.04. The predicted octanol–water partition coefficient (Wildman–Crippen LogP) is 1.14. The third-order valence-electron chi connectivity index (χ3n) is 3.85. The zero-order valence-electron chi connectivity index (χ0n) is 11.4. The van der Waals surface area contributed by atoms with Crippen LogP contribution < -0.4 is 5.32 Å². The molecule has 1 saturated heterocycles. The number of aromatic nitrogens is 1. The molecule has 0 saturated carbocycles. The summed E-state index contributed by atoms with van der Waals surface area (Å²) in [6.07, 6.45) is 3.63. The van der Waals surface area contributed by atoms with Crippen LogP contribution in [0.3, 0.4) is 0 Å². The number of likely N-dealkylation sites (tertiary alicyclic amines) is 1. The number of carbonyl (C=O) groups is 2. The highest BCUT2D eigenvalue weighted by Gasteiger charge is 2.23. The first-order valence-corrected chi connectivity index (χ1v) is 6.72. The van der Waals surface area contributed by atoms with Crippen LogP contribution >= 0.6 is 0 Å². The molecule has 1 unspecified atom stereocenters. The van der Waals surface area contributed by atoms with Crippen molar-refractivity contribution in [2.45, 2.75) is 12.5 Å². The van der Waals surface area contributed by atoms with Gasteiger partial charge < -0.3 is 14.8 Å². The molecule has 2 amide bonds. The third kappa shape index (κ3) is 2.27. The van der Waals surface area contributed by atoms with E-state index in [2.05, 4.69) is 5.32 Å². The average molecular weight is 271 g/mol. The van der Waals surface area contributed by atoms with Crippen molar-refractivity contribution in [1.29, 1.82) is 0 Å². The number of amides is 2. The highest BCUT2D eigenvalue weighted by atomic mass is 16.2. The Labute approximate surface area is 117 Å². The predicted molar refractivity (Wildman–Crippen MR) is 76.4 cm³/mol. The number of fused-ring (bicyclic) bond motifs is 1. The number of nitrogens with zero attached hydrogens (tertiary/aromatic N) is 2. The van der Waals surface area contributed by atoms with E-state index < -0.39 is 0 Å². The van der Waals surface area contributed by atoms with Gasteiger partial charge in [0.1, 0.15) is 0 Å². The lowest BCUT2D eigenvalue weighted by Crippen LogP contribution is -2.36. The first-order chi connectivity index (χ1) is 9.67. The topological polar surface area (TPSA) is 54.3 Å². The SMILES string of the molecule is Cn1ccc2cc(C(=O)NC3CCN(C=O)C3)ccc21. The first kappa shape index (κ1) is 12.7. The lowest BCUT2D eigenvalue weighted by molar-refractivity contribution is -0.117. The molecule has 2 aromatic rings. The molecule has 5 nitrogen and oxygen atoms in total. The van der Waals surface area contributed by atoms with Crippen molar-refractivity contribution in [2.75, 3.05) is 13.1 Å². The lowest BCUT2D eigenvalue weighted by Gasteiger charge is -2.13. The van der Waals surface area contributed by atoms with Crippen molar-refractivity contribution in [3.05, 3.63) is 36.0 Å². The van der Waals surface area contributed by atoms with Crippen molar-refractivity contribution in [1.82, 2.24) is 14.8 Å². The van der Waals surface area contributed by atoms with Gasteiger partial charge in [-0.05, 0) is 30.7 Å². The molecule has 1 aliphatic rings. The maximum absolute atomic E-state index is 12.2. The summed E-state index contributed by atoms with van der Waals surface area (Å²) < 4.78 is 2.02. The number of benzene rings is 1. The van der Waals surface area contributed by atoms with Crippen molar-refractivity contribution >= 4 is 23.2 Å². The van der Waals surface area contributed by atoms with Crippen LogP contribution in [-0.2, 0) is 11.8 Å². The molecule has 1 fully saturated rings. The Morgan fingerprint density at radius 2 is 2.25 bits per heavy atom. The van der Waals surface area contributed by atoms with Crippen LogP contribution in [0.5, 0.6) is 0 Å². The molecule has 0 aliphatic carbocycles. The molecule has 0 bridgehead atoms. The minimum atomic E-state index is -0.0755. The Hall–Kier alpha value is -2.30. The van der Waals surface area contributed by atoms with Gasteiger partial charge in [-0.15, -0.1) is 0 Å². The van der Waals surface area contributed by atoms with Gasteiger partial charge in [-0.2, -0.15) is 0 Å². The van der Waals surface area contributed by atoms with Crippen LogP contribution in [0.1, 0.15) is 16.8 Å². The van der Waals surface area contributed by atoms with Crippen LogP contribution in [0, 0.1) is 0 Å². The fourth-order valence-corrected chi connectivity index (χ4v) is 2.69. The van der Waals surface area contributed by atoms with Gasteiger partial charge in [0.15, 0.2) is 0 Å². The Morgan fingerprint density at radius 1 is 1.40 bits per heavy atom. The molecule has 0 radical (unpaired) electrons. The second-order valence-corrected chi connectivity index (χ2v) is 5.26. The van der Waals surface area contributed by atoms with Crippen molar-refractivity contribution in [2.24, 2.45) is 7.05 Å². The van der Waals surface area contributed by atoms with E-state index in [-0.39, 0.29) is 11.9 Å². The molecule has 1 N–H and O–H groups in total. The van der Waals surface area contributed by atoms with Gasteiger partial charge in [0, 0.05) is 48.8 Å². The van der Waals surface area contributed by atoms with Crippen LogP contribution in [0.4, 0.5) is 0 Å². The third-order valence-corrected chi connectivity index (χ3v) is 3.85. The van der Waals surface area contributed by atoms with E-state index in [1.807, 2.05) is 42.1 Å². The molecule has 20 heavy (non-hydrogen) atoms. The molecule has 1 atom stereocenters. The number of nitrogens with one attached hydrogen (secondary N) is 1. The first-order valence-electron chi connectivity index (χ1n) is 6.72. The van der Waals surface area contributed by atoms with E-state index >= 15 is 0 Å². The molecule has 1 aromatic heterocycles. The summed E-state index contributed by atoms with van der Waals surface area (Å²) in [6, 6.07) is 7.74. The maximum atomic E-state index is 12.2. The normalized spacial score (nSPS) is 18.4. The minimum absolute atomic E-state index is 0.0548. The van der Waals surface area contributed by atoms with Crippen LogP contribution in [0.15, 0.2) is 30.5 Å². The zero-order valence-corrected chi connectivity index (χ0v) is 11.4. The summed E-state index contributed by atoms with van der Waals surface area (Å²) in [5.41, 5.74) is 1.77. The Bertz CT molecular complexity index is 662. The van der Waals surface area contributed by atoms with Gasteiger partial charge in [-0.3, -0.25) is 9.59 Å². The Balaban J connectivity index is 1.74. The number of hydrogen-bond donors (Lipinski definition) is 1. The van der Waals surface area contributed by atoms with E-state index in [1.54, 1.807) is 4.90 Å². The zero-order chi connectivity index (χ0) is 14.1. The van der Waals surface area contributed by atoms with Gasteiger partial charge >= 0.3 is 0 Å². The molecular formula is C15H17N3O2. The van der Waals surface area contributed by atoms with Crippen molar-refractivity contribution in [3.63, 3.8) is 0 Å². The second-order valence-electron chi connectivity index (χ2n) is 5.26. The molecule has 5 heteroatoms. The number of rotatable bonds is 3. The summed E-state index contributed by atoms with van der Waals surface area (Å²) >= 11 is 0. The molecule has 0 spiro atoms. The van der Waals surface area contributed by atoms with E-state index in [0.717, 1.165) is 23.7 Å². The average Bonchev–Trinajstić information content (AvgIpc) is 3.05. The summed E-state index contributed by atoms with van der Waals surface area (Å²) in [5.74, 6) is -0.0755. The smallest absolute Gasteiger partial charge is 0.251 e. The second kappa shape index (κ2) is 5.00.